The van der Waals surface area contributed by atoms with Crippen LogP contribution in [-0.4, -0.2) is 43.4 Å². The van der Waals surface area contributed by atoms with Gasteiger partial charge in [-0.2, -0.15) is 4.31 Å². The van der Waals surface area contributed by atoms with Gasteiger partial charge in [0, 0.05) is 19.2 Å². The minimum absolute atomic E-state index is 0.0395. The number of nitrogen functional groups attached to an aromatic ring is 1. The zero-order valence-electron chi connectivity index (χ0n) is 11.6. The second-order valence-corrected chi connectivity index (χ2v) is 6.68. The van der Waals surface area contributed by atoms with Gasteiger partial charge in [-0.25, -0.2) is 8.42 Å². The van der Waals surface area contributed by atoms with E-state index in [1.54, 1.807) is 0 Å². The summed E-state index contributed by atoms with van der Waals surface area (Å²) in [5.41, 5.74) is 5.08. The van der Waals surface area contributed by atoms with Crippen molar-refractivity contribution in [2.75, 3.05) is 25.4 Å². The summed E-state index contributed by atoms with van der Waals surface area (Å²) in [6.07, 6.45) is 0.581. The Morgan fingerprint density at radius 2 is 2.24 bits per heavy atom. The molecule has 21 heavy (non-hydrogen) atoms. The Hall–Kier alpha value is -1.71. The van der Waals surface area contributed by atoms with E-state index in [1.807, 2.05) is 6.92 Å². The summed E-state index contributed by atoms with van der Waals surface area (Å²) < 4.78 is 31.8. The van der Waals surface area contributed by atoms with E-state index in [0.717, 1.165) is 12.1 Å². The Kier molecular flexibility index (Phi) is 4.45. The lowest BCUT2D eigenvalue weighted by atomic mass is 10.2. The van der Waals surface area contributed by atoms with E-state index in [2.05, 4.69) is 0 Å². The van der Waals surface area contributed by atoms with Crippen LogP contribution in [0.25, 0.3) is 0 Å². The van der Waals surface area contributed by atoms with Crippen LogP contribution in [-0.2, 0) is 14.8 Å². The largest absolute Gasteiger partial charge is 0.393 e. The summed E-state index contributed by atoms with van der Waals surface area (Å²) in [6.45, 7) is 2.79. The van der Waals surface area contributed by atoms with Gasteiger partial charge in [-0.3, -0.25) is 10.1 Å². The second kappa shape index (κ2) is 5.96. The molecule has 2 rings (SSSR count). The normalized spacial score (nSPS) is 20.3. The number of hydrogen-bond acceptors (Lipinski definition) is 6. The monoisotopic (exact) mass is 315 g/mol. The molecule has 8 nitrogen and oxygen atoms in total. The molecule has 1 atom stereocenters. The van der Waals surface area contributed by atoms with E-state index < -0.39 is 14.9 Å². The van der Waals surface area contributed by atoms with E-state index in [0.29, 0.717) is 13.0 Å². The van der Waals surface area contributed by atoms with Crippen molar-refractivity contribution in [3.05, 3.63) is 28.3 Å². The quantitative estimate of drug-likeness (QED) is 0.503. The number of ether oxygens (including phenoxy) is 1. The number of sulfonamides is 1. The summed E-state index contributed by atoms with van der Waals surface area (Å²) in [5, 5.41) is 10.7. The fourth-order valence-electron chi connectivity index (χ4n) is 2.17. The Morgan fingerprint density at radius 3 is 2.81 bits per heavy atom. The molecule has 0 amide bonds. The molecule has 2 N–H and O–H groups in total. The highest BCUT2D eigenvalue weighted by Crippen LogP contribution is 2.27. The van der Waals surface area contributed by atoms with Crippen molar-refractivity contribution in [3.8, 4) is 0 Å². The van der Waals surface area contributed by atoms with E-state index >= 15 is 0 Å². The zero-order chi connectivity index (χ0) is 15.6. The highest BCUT2D eigenvalue weighted by atomic mass is 32.2. The molecule has 1 aromatic carbocycles. The molecular formula is C12H17N3O5S. The Morgan fingerprint density at radius 1 is 1.52 bits per heavy atom. The molecule has 1 fully saturated rings. The standard InChI is InChI=1S/C12H17N3O5S/c1-2-9-8-14(5-6-20-9)21(18,19)10-3-4-12(15(16)17)11(13)7-10/h3-4,7,9H,2,5-6,8,13H2,1H3. The fourth-order valence-corrected chi connectivity index (χ4v) is 3.66. The number of nitrogens with zero attached hydrogens (tertiary/aromatic N) is 2. The van der Waals surface area contributed by atoms with Crippen LogP contribution < -0.4 is 5.73 Å². The number of nitrogens with two attached hydrogens (primary N) is 1. The van der Waals surface area contributed by atoms with Gasteiger partial charge in [-0.15, -0.1) is 0 Å². The topological polar surface area (TPSA) is 116 Å². The Bertz CT molecular complexity index is 646. The molecule has 1 aliphatic rings. The number of nitro groups is 1. The van der Waals surface area contributed by atoms with Crippen molar-refractivity contribution in [1.29, 1.82) is 0 Å². The van der Waals surface area contributed by atoms with Crippen molar-refractivity contribution in [2.45, 2.75) is 24.3 Å². The Labute approximate surface area is 122 Å². The summed E-state index contributed by atoms with van der Waals surface area (Å²) >= 11 is 0. The first-order chi connectivity index (χ1) is 9.86. The molecule has 0 aliphatic carbocycles. The number of benzene rings is 1. The van der Waals surface area contributed by atoms with E-state index in [9.17, 15) is 18.5 Å². The molecule has 0 saturated carbocycles. The van der Waals surface area contributed by atoms with Gasteiger partial charge in [0.05, 0.1) is 22.5 Å². The molecule has 116 valence electrons. The van der Waals surface area contributed by atoms with Crippen molar-refractivity contribution in [1.82, 2.24) is 4.31 Å². The number of nitro benzene ring substituents is 1. The van der Waals surface area contributed by atoms with Gasteiger partial charge in [0.2, 0.25) is 10.0 Å². The maximum atomic E-state index is 12.5. The van der Waals surface area contributed by atoms with E-state index in [1.165, 1.54) is 10.4 Å². The molecule has 1 heterocycles. The maximum absolute atomic E-state index is 12.5. The van der Waals surface area contributed by atoms with Gasteiger partial charge in [0.1, 0.15) is 5.69 Å². The molecule has 1 aliphatic heterocycles. The lowest BCUT2D eigenvalue weighted by molar-refractivity contribution is -0.383. The minimum Gasteiger partial charge on any atom is -0.393 e. The smallest absolute Gasteiger partial charge is 0.292 e. The maximum Gasteiger partial charge on any atom is 0.292 e. The van der Waals surface area contributed by atoms with Gasteiger partial charge in [-0.1, -0.05) is 6.92 Å². The van der Waals surface area contributed by atoms with Gasteiger partial charge in [0.15, 0.2) is 0 Å². The van der Waals surface area contributed by atoms with Crippen molar-refractivity contribution in [2.24, 2.45) is 0 Å². The molecule has 0 spiro atoms. The van der Waals surface area contributed by atoms with E-state index in [-0.39, 0.29) is 35.5 Å². The highest BCUT2D eigenvalue weighted by molar-refractivity contribution is 7.89. The van der Waals surface area contributed by atoms with Gasteiger partial charge >= 0.3 is 0 Å². The predicted octanol–water partition coefficient (Wildman–Crippen LogP) is 0.977. The summed E-state index contributed by atoms with van der Waals surface area (Å²) in [7, 11) is -3.72. The van der Waals surface area contributed by atoms with E-state index in [4.69, 9.17) is 10.5 Å². The minimum atomic E-state index is -3.72. The van der Waals surface area contributed by atoms with Crippen LogP contribution in [0, 0.1) is 10.1 Å². The van der Waals surface area contributed by atoms with Crippen molar-refractivity contribution >= 4 is 21.4 Å². The van der Waals surface area contributed by atoms with Crippen LogP contribution in [0.5, 0.6) is 0 Å². The Balaban J connectivity index is 2.31. The number of morpholine rings is 1. The fraction of sp³-hybridized carbons (Fsp3) is 0.500. The molecule has 9 heteroatoms. The van der Waals surface area contributed by atoms with Crippen LogP contribution in [0.1, 0.15) is 13.3 Å². The summed E-state index contributed by atoms with van der Waals surface area (Å²) in [4.78, 5) is 10.0. The first-order valence-electron chi connectivity index (χ1n) is 6.52. The first-order valence-corrected chi connectivity index (χ1v) is 7.96. The third-order valence-electron chi connectivity index (χ3n) is 3.39. The number of rotatable bonds is 4. The number of hydrogen-bond donors (Lipinski definition) is 1. The second-order valence-electron chi connectivity index (χ2n) is 4.74. The van der Waals surface area contributed by atoms with Crippen LogP contribution in [0.15, 0.2) is 23.1 Å². The zero-order valence-corrected chi connectivity index (χ0v) is 12.4. The van der Waals surface area contributed by atoms with Crippen LogP contribution in [0.4, 0.5) is 11.4 Å². The first kappa shape index (κ1) is 15.7. The predicted molar refractivity (Wildman–Crippen MR) is 76.3 cm³/mol. The molecule has 1 unspecified atom stereocenters. The van der Waals surface area contributed by atoms with Gasteiger partial charge in [-0.05, 0) is 18.6 Å². The molecule has 1 saturated heterocycles. The van der Waals surface area contributed by atoms with Gasteiger partial charge in [0.25, 0.3) is 5.69 Å². The average molecular weight is 315 g/mol. The van der Waals surface area contributed by atoms with Crippen molar-refractivity contribution < 1.29 is 18.1 Å². The SMILES string of the molecule is CCC1CN(S(=O)(=O)c2ccc([N+](=O)[O-])c(N)c2)CCO1. The molecule has 0 aromatic heterocycles. The third kappa shape index (κ3) is 3.14. The van der Waals surface area contributed by atoms with Crippen LogP contribution in [0.2, 0.25) is 0 Å². The molecular weight excluding hydrogens is 298 g/mol. The van der Waals surface area contributed by atoms with Gasteiger partial charge < -0.3 is 10.5 Å². The summed E-state index contributed by atoms with van der Waals surface area (Å²) in [5.74, 6) is 0. The average Bonchev–Trinajstić information content (AvgIpc) is 2.46. The molecule has 0 bridgehead atoms. The lowest BCUT2D eigenvalue weighted by Crippen LogP contribution is -2.45. The third-order valence-corrected chi connectivity index (χ3v) is 5.25. The molecule has 0 radical (unpaired) electrons. The number of anilines is 1. The van der Waals surface area contributed by atoms with Crippen LogP contribution >= 0.6 is 0 Å². The van der Waals surface area contributed by atoms with Crippen molar-refractivity contribution in [3.63, 3.8) is 0 Å². The summed E-state index contributed by atoms with van der Waals surface area (Å²) in [6, 6.07) is 3.45. The molecule has 1 aromatic rings. The van der Waals surface area contributed by atoms with Crippen LogP contribution in [0.3, 0.4) is 0 Å². The lowest BCUT2D eigenvalue weighted by Gasteiger charge is -2.31. The highest BCUT2D eigenvalue weighted by Gasteiger charge is 2.31.